The van der Waals surface area contributed by atoms with Gasteiger partial charge in [-0.2, -0.15) is 0 Å². The average Bonchev–Trinajstić information content (AvgIpc) is 3.50. The number of nitrogens with zero attached hydrogens (tertiary/aromatic N) is 3. The Balaban J connectivity index is 1.40. The number of amides is 2. The Morgan fingerprint density at radius 1 is 1.06 bits per heavy atom. The van der Waals surface area contributed by atoms with E-state index >= 15 is 0 Å². The van der Waals surface area contributed by atoms with Crippen LogP contribution >= 0.6 is 11.8 Å². The van der Waals surface area contributed by atoms with E-state index in [-0.39, 0.29) is 12.3 Å². The highest BCUT2D eigenvalue weighted by Gasteiger charge is 2.21. The molecule has 0 aliphatic carbocycles. The van der Waals surface area contributed by atoms with Crippen molar-refractivity contribution in [1.82, 2.24) is 14.8 Å². The lowest BCUT2D eigenvalue weighted by Gasteiger charge is -2.13. The molecular formula is C25H25N5O4S. The fraction of sp³-hybridized carbons (Fsp3) is 0.200. The van der Waals surface area contributed by atoms with Crippen molar-refractivity contribution in [3.8, 4) is 11.5 Å². The van der Waals surface area contributed by atoms with Crippen LogP contribution in [0.5, 0.6) is 11.5 Å². The lowest BCUT2D eigenvalue weighted by Crippen LogP contribution is -2.23. The molecule has 3 N–H and O–H groups in total. The number of anilines is 1. The molecule has 4 rings (SSSR count). The first-order valence-electron chi connectivity index (χ1n) is 11.0. The molecule has 0 unspecified atom stereocenters. The van der Waals surface area contributed by atoms with Crippen LogP contribution in [-0.4, -0.2) is 31.8 Å². The summed E-state index contributed by atoms with van der Waals surface area (Å²) in [5, 5.41) is 11.5. The molecule has 1 atom stereocenters. The predicted octanol–water partition coefficient (Wildman–Crippen LogP) is 4.25. The number of para-hydroxylation sites is 1. The van der Waals surface area contributed by atoms with Gasteiger partial charge >= 0.3 is 0 Å². The number of hydrogen-bond donors (Lipinski definition) is 2. The van der Waals surface area contributed by atoms with E-state index in [1.165, 1.54) is 11.8 Å². The van der Waals surface area contributed by atoms with Gasteiger partial charge in [0, 0.05) is 18.5 Å². The molecule has 0 saturated heterocycles. The van der Waals surface area contributed by atoms with Crippen molar-refractivity contribution in [1.29, 1.82) is 0 Å². The minimum absolute atomic E-state index is 0.154. The first kappa shape index (κ1) is 24.1. The second-order valence-corrected chi connectivity index (χ2v) is 9.03. The molecule has 2 amide bonds. The monoisotopic (exact) mass is 491 g/mol. The summed E-state index contributed by atoms with van der Waals surface area (Å²) in [6.07, 6.45) is 2.09. The van der Waals surface area contributed by atoms with E-state index in [0.717, 1.165) is 5.75 Å². The van der Waals surface area contributed by atoms with Gasteiger partial charge in [0.2, 0.25) is 11.8 Å². The van der Waals surface area contributed by atoms with Gasteiger partial charge in [-0.3, -0.25) is 14.2 Å². The zero-order valence-electron chi connectivity index (χ0n) is 19.1. The lowest BCUT2D eigenvalue weighted by atomic mass is 10.3. The quantitative estimate of drug-likeness (QED) is 0.300. The fourth-order valence-corrected chi connectivity index (χ4v) is 4.10. The normalized spacial score (nSPS) is 11.7. The van der Waals surface area contributed by atoms with Crippen molar-refractivity contribution in [3.05, 3.63) is 84.6 Å². The molecule has 2 aromatic carbocycles. The van der Waals surface area contributed by atoms with Gasteiger partial charge in [0.25, 0.3) is 0 Å². The molecule has 35 heavy (non-hydrogen) atoms. The zero-order valence-corrected chi connectivity index (χ0v) is 19.9. The molecular weight excluding hydrogens is 466 g/mol. The summed E-state index contributed by atoms with van der Waals surface area (Å²) in [6.45, 7) is 2.18. The molecule has 0 saturated carbocycles. The first-order valence-corrected chi connectivity index (χ1v) is 11.9. The van der Waals surface area contributed by atoms with Gasteiger partial charge < -0.3 is 20.2 Å². The summed E-state index contributed by atoms with van der Waals surface area (Å²) in [5.74, 6) is 2.12. The van der Waals surface area contributed by atoms with Gasteiger partial charge in [0.15, 0.2) is 5.16 Å². The van der Waals surface area contributed by atoms with Gasteiger partial charge in [-0.15, -0.1) is 10.2 Å². The Labute approximate surface area is 206 Å². The average molecular weight is 492 g/mol. The zero-order chi connectivity index (χ0) is 24.6. The molecule has 4 aromatic rings. The van der Waals surface area contributed by atoms with Crippen molar-refractivity contribution >= 4 is 29.3 Å². The maximum Gasteiger partial charge on any atom is 0.237 e. The lowest BCUT2D eigenvalue weighted by molar-refractivity contribution is -0.118. The molecule has 0 aliphatic rings. The SMILES string of the molecule is C[C@H](Sc1nnc(CCC(N)=O)n1Cc1ccco1)C(=O)Nc1ccc(Oc2ccccc2)cc1. The molecule has 0 bridgehead atoms. The molecule has 0 spiro atoms. The van der Waals surface area contributed by atoms with E-state index in [1.54, 1.807) is 43.5 Å². The predicted molar refractivity (Wildman–Crippen MR) is 132 cm³/mol. The van der Waals surface area contributed by atoms with Crippen molar-refractivity contribution in [2.75, 3.05) is 5.32 Å². The number of ether oxygens (including phenoxy) is 1. The Kier molecular flexibility index (Phi) is 7.84. The fourth-order valence-electron chi connectivity index (χ4n) is 3.23. The minimum atomic E-state index is -0.459. The third-order valence-electron chi connectivity index (χ3n) is 5.03. The van der Waals surface area contributed by atoms with E-state index in [2.05, 4.69) is 15.5 Å². The van der Waals surface area contributed by atoms with Crippen LogP contribution in [0.4, 0.5) is 5.69 Å². The molecule has 0 fully saturated rings. The maximum absolute atomic E-state index is 12.8. The number of aryl methyl sites for hydroxylation is 1. The van der Waals surface area contributed by atoms with Crippen LogP contribution in [0.1, 0.15) is 24.9 Å². The summed E-state index contributed by atoms with van der Waals surface area (Å²) in [6, 6.07) is 20.3. The highest BCUT2D eigenvalue weighted by molar-refractivity contribution is 8.00. The Morgan fingerprint density at radius 2 is 1.80 bits per heavy atom. The Hall–Kier alpha value is -4.05. The minimum Gasteiger partial charge on any atom is -0.467 e. The molecule has 2 heterocycles. The van der Waals surface area contributed by atoms with E-state index in [9.17, 15) is 9.59 Å². The van der Waals surface area contributed by atoms with E-state index in [0.29, 0.717) is 41.1 Å². The Bertz CT molecular complexity index is 1260. The molecule has 0 radical (unpaired) electrons. The number of nitrogens with one attached hydrogen (secondary N) is 1. The number of benzene rings is 2. The molecule has 2 aromatic heterocycles. The second-order valence-electron chi connectivity index (χ2n) is 7.72. The number of furan rings is 1. The number of nitrogens with two attached hydrogens (primary N) is 1. The van der Waals surface area contributed by atoms with E-state index < -0.39 is 11.2 Å². The summed E-state index contributed by atoms with van der Waals surface area (Å²) in [5.41, 5.74) is 5.95. The highest BCUT2D eigenvalue weighted by Crippen LogP contribution is 2.26. The number of carbonyl (C=O) groups excluding carboxylic acids is 2. The third kappa shape index (κ3) is 6.73. The first-order chi connectivity index (χ1) is 17.0. The summed E-state index contributed by atoms with van der Waals surface area (Å²) in [4.78, 5) is 24.1. The maximum atomic E-state index is 12.8. The van der Waals surface area contributed by atoms with Crippen molar-refractivity contribution in [2.45, 2.75) is 36.7 Å². The van der Waals surface area contributed by atoms with Crippen LogP contribution in [0.3, 0.4) is 0 Å². The third-order valence-corrected chi connectivity index (χ3v) is 6.12. The largest absolute Gasteiger partial charge is 0.467 e. The van der Waals surface area contributed by atoms with Crippen LogP contribution < -0.4 is 15.8 Å². The van der Waals surface area contributed by atoms with Crippen molar-refractivity contribution in [3.63, 3.8) is 0 Å². The summed E-state index contributed by atoms with van der Waals surface area (Å²) in [7, 11) is 0. The molecule has 10 heteroatoms. The van der Waals surface area contributed by atoms with Crippen molar-refractivity contribution < 1.29 is 18.7 Å². The Morgan fingerprint density at radius 3 is 2.49 bits per heavy atom. The van der Waals surface area contributed by atoms with Crippen LogP contribution in [0.25, 0.3) is 0 Å². The number of hydrogen-bond acceptors (Lipinski definition) is 7. The van der Waals surface area contributed by atoms with Crippen LogP contribution in [0, 0.1) is 0 Å². The van der Waals surface area contributed by atoms with Gasteiger partial charge in [-0.25, -0.2) is 0 Å². The summed E-state index contributed by atoms with van der Waals surface area (Å²) >= 11 is 1.27. The molecule has 9 nitrogen and oxygen atoms in total. The van der Waals surface area contributed by atoms with Crippen molar-refractivity contribution in [2.24, 2.45) is 5.73 Å². The summed E-state index contributed by atoms with van der Waals surface area (Å²) < 4.78 is 13.1. The van der Waals surface area contributed by atoms with Gasteiger partial charge in [-0.05, 0) is 55.5 Å². The van der Waals surface area contributed by atoms with Crippen LogP contribution in [0.15, 0.2) is 82.6 Å². The number of rotatable bonds is 11. The molecule has 180 valence electrons. The number of aromatic nitrogens is 3. The van der Waals surface area contributed by atoms with Gasteiger partial charge in [0.1, 0.15) is 23.1 Å². The highest BCUT2D eigenvalue weighted by atomic mass is 32.2. The standard InChI is InChI=1S/C25H25N5O4S/c1-17(24(32)27-18-9-11-20(12-10-18)34-19-6-3-2-4-7-19)35-25-29-28-23(14-13-22(26)31)30(25)16-21-8-5-15-33-21/h2-12,15,17H,13-14,16H2,1H3,(H2,26,31)(H,27,32)/t17-/m0/s1. The number of carbonyl (C=O) groups is 2. The van der Waals surface area contributed by atoms with Gasteiger partial charge in [0.05, 0.1) is 18.1 Å². The number of thioether (sulfide) groups is 1. The smallest absolute Gasteiger partial charge is 0.237 e. The second kappa shape index (κ2) is 11.4. The van der Waals surface area contributed by atoms with Gasteiger partial charge in [-0.1, -0.05) is 30.0 Å². The molecule has 0 aliphatic heterocycles. The van der Waals surface area contributed by atoms with E-state index in [4.69, 9.17) is 14.9 Å². The van der Waals surface area contributed by atoms with E-state index in [1.807, 2.05) is 41.0 Å². The number of primary amides is 1. The van der Waals surface area contributed by atoms with Crippen LogP contribution in [-0.2, 0) is 22.6 Å². The van der Waals surface area contributed by atoms with Crippen LogP contribution in [0.2, 0.25) is 0 Å². The topological polar surface area (TPSA) is 125 Å².